The molecule has 2 rings (SSSR count). The Bertz CT molecular complexity index is 688. The number of benzene rings is 1. The van der Waals surface area contributed by atoms with Gasteiger partial charge in [-0.15, -0.1) is 5.10 Å². The van der Waals surface area contributed by atoms with Crippen molar-refractivity contribution in [2.75, 3.05) is 0 Å². The first-order valence-electron chi connectivity index (χ1n) is 6.01. The van der Waals surface area contributed by atoms with Crippen LogP contribution in [0, 0.1) is 10.1 Å². The fourth-order valence-electron chi connectivity index (χ4n) is 1.65. The summed E-state index contributed by atoms with van der Waals surface area (Å²) in [6, 6.07) is 6.00. The van der Waals surface area contributed by atoms with Crippen LogP contribution in [0.15, 0.2) is 34.5 Å². The zero-order chi connectivity index (χ0) is 16.1. The summed E-state index contributed by atoms with van der Waals surface area (Å²) < 4.78 is 0. The van der Waals surface area contributed by atoms with Crippen LogP contribution >= 0.6 is 11.8 Å². The maximum atomic E-state index is 11.5. The lowest BCUT2D eigenvalue weighted by molar-refractivity contribution is -0.385. The molecule has 22 heavy (non-hydrogen) atoms. The first-order valence-corrected chi connectivity index (χ1v) is 6.89. The lowest BCUT2D eigenvalue weighted by Crippen LogP contribution is -2.26. The van der Waals surface area contributed by atoms with Crippen molar-refractivity contribution < 1.29 is 19.6 Å². The van der Waals surface area contributed by atoms with Gasteiger partial charge >= 0.3 is 5.97 Å². The van der Waals surface area contributed by atoms with Gasteiger partial charge in [-0.05, 0) is 6.07 Å². The largest absolute Gasteiger partial charge is 0.481 e. The van der Waals surface area contributed by atoms with Crippen LogP contribution < -0.4 is 5.32 Å². The second-order valence-corrected chi connectivity index (χ2v) is 5.35. The van der Waals surface area contributed by atoms with E-state index in [9.17, 15) is 19.7 Å². The predicted molar refractivity (Wildman–Crippen MR) is 79.9 cm³/mol. The highest BCUT2D eigenvalue weighted by Gasteiger charge is 2.32. The van der Waals surface area contributed by atoms with E-state index < -0.39 is 22.0 Å². The molecule has 0 aliphatic carbocycles. The van der Waals surface area contributed by atoms with Crippen molar-refractivity contribution in [1.82, 2.24) is 5.32 Å². The summed E-state index contributed by atoms with van der Waals surface area (Å²) in [6.07, 6.45) is 0.881. The summed E-state index contributed by atoms with van der Waals surface area (Å²) in [5.74, 6) is -1.54. The number of aliphatic carboxylic acids is 1. The first kappa shape index (κ1) is 15.6. The SMILES string of the molecule is O=C(O)CC1S/C(=N/N=C/c2ccccc2[N+](=O)[O-])NC1=O. The Hall–Kier alpha value is -2.75. The van der Waals surface area contributed by atoms with Crippen molar-refractivity contribution in [3.8, 4) is 0 Å². The Kier molecular flexibility index (Phi) is 4.84. The summed E-state index contributed by atoms with van der Waals surface area (Å²) in [5, 5.41) is 28.7. The molecular formula is C12H10N4O5S. The zero-order valence-corrected chi connectivity index (χ0v) is 11.8. The predicted octanol–water partition coefficient (Wildman–Crippen LogP) is 0.991. The van der Waals surface area contributed by atoms with Crippen LogP contribution in [0.1, 0.15) is 12.0 Å². The summed E-state index contributed by atoms with van der Waals surface area (Å²) in [5.41, 5.74) is 0.159. The third kappa shape index (κ3) is 3.88. The quantitative estimate of drug-likeness (QED) is 0.471. The van der Waals surface area contributed by atoms with E-state index in [0.717, 1.165) is 11.8 Å². The number of hydrogen-bond acceptors (Lipinski definition) is 7. The molecule has 0 saturated carbocycles. The standard InChI is InChI=1S/C12H10N4O5S/c17-10(18)5-9-11(19)14-12(22-9)15-13-6-7-3-1-2-4-8(7)16(20)21/h1-4,6,9H,5H2,(H,17,18)(H,14,15,19)/b13-6+. The average Bonchev–Trinajstić information content (AvgIpc) is 2.78. The highest BCUT2D eigenvalue weighted by atomic mass is 32.2. The number of nitrogens with zero attached hydrogens (tertiary/aromatic N) is 3. The van der Waals surface area contributed by atoms with Gasteiger partial charge in [-0.3, -0.25) is 19.7 Å². The van der Waals surface area contributed by atoms with Crippen LogP contribution in [0.2, 0.25) is 0 Å². The van der Waals surface area contributed by atoms with E-state index in [0.29, 0.717) is 0 Å². The Labute approximate surface area is 128 Å². The van der Waals surface area contributed by atoms with Crippen molar-refractivity contribution in [2.24, 2.45) is 10.2 Å². The summed E-state index contributed by atoms with van der Waals surface area (Å²) in [7, 11) is 0. The molecule has 1 fully saturated rings. The van der Waals surface area contributed by atoms with Crippen molar-refractivity contribution in [3.05, 3.63) is 39.9 Å². The smallest absolute Gasteiger partial charge is 0.305 e. The summed E-state index contributed by atoms with van der Waals surface area (Å²) in [4.78, 5) is 32.3. The van der Waals surface area contributed by atoms with Gasteiger partial charge in [0, 0.05) is 6.07 Å². The number of thioether (sulfide) groups is 1. The fraction of sp³-hybridized carbons (Fsp3) is 0.167. The van der Waals surface area contributed by atoms with Gasteiger partial charge in [-0.2, -0.15) is 5.10 Å². The van der Waals surface area contributed by atoms with Crippen LogP contribution in [-0.4, -0.2) is 38.5 Å². The topological polar surface area (TPSA) is 134 Å². The number of carboxylic acids is 1. The molecule has 10 heteroatoms. The molecule has 0 aromatic heterocycles. The average molecular weight is 322 g/mol. The van der Waals surface area contributed by atoms with Crippen molar-refractivity contribution >= 4 is 40.7 Å². The molecule has 1 aromatic carbocycles. The molecular weight excluding hydrogens is 312 g/mol. The Morgan fingerprint density at radius 1 is 1.50 bits per heavy atom. The van der Waals surface area contributed by atoms with Crippen LogP contribution in [0.5, 0.6) is 0 Å². The van der Waals surface area contributed by atoms with E-state index in [1.807, 2.05) is 0 Å². The maximum absolute atomic E-state index is 11.5. The first-order chi connectivity index (χ1) is 10.5. The zero-order valence-electron chi connectivity index (χ0n) is 11.0. The van der Waals surface area contributed by atoms with Gasteiger partial charge in [0.1, 0.15) is 5.25 Å². The number of carboxylic acid groups (broad SMARTS) is 1. The molecule has 1 aliphatic rings. The van der Waals surface area contributed by atoms with E-state index in [-0.39, 0.29) is 22.8 Å². The van der Waals surface area contributed by atoms with Gasteiger partial charge in [-0.1, -0.05) is 23.9 Å². The molecule has 1 aromatic rings. The minimum absolute atomic E-state index is 0.113. The minimum atomic E-state index is -1.09. The molecule has 0 radical (unpaired) electrons. The number of carbonyl (C=O) groups is 2. The van der Waals surface area contributed by atoms with E-state index in [1.165, 1.54) is 24.4 Å². The number of hydrogen-bond donors (Lipinski definition) is 2. The number of rotatable bonds is 5. The Morgan fingerprint density at radius 3 is 2.91 bits per heavy atom. The monoisotopic (exact) mass is 322 g/mol. The molecule has 9 nitrogen and oxygen atoms in total. The van der Waals surface area contributed by atoms with Gasteiger partial charge in [0.2, 0.25) is 5.91 Å². The second-order valence-electron chi connectivity index (χ2n) is 4.16. The van der Waals surface area contributed by atoms with Crippen LogP contribution in [0.3, 0.4) is 0 Å². The highest BCUT2D eigenvalue weighted by Crippen LogP contribution is 2.22. The fourth-order valence-corrected chi connectivity index (χ4v) is 2.57. The molecule has 0 spiro atoms. The molecule has 1 heterocycles. The number of nitro groups is 1. The van der Waals surface area contributed by atoms with Crippen molar-refractivity contribution in [3.63, 3.8) is 0 Å². The lowest BCUT2D eigenvalue weighted by atomic mass is 10.2. The van der Waals surface area contributed by atoms with Crippen LogP contribution in [0.4, 0.5) is 5.69 Å². The third-order valence-corrected chi connectivity index (χ3v) is 3.69. The number of carbonyl (C=O) groups excluding carboxylic acids is 1. The van der Waals surface area contributed by atoms with Crippen LogP contribution in [-0.2, 0) is 9.59 Å². The molecule has 1 saturated heterocycles. The highest BCUT2D eigenvalue weighted by molar-refractivity contribution is 8.15. The van der Waals surface area contributed by atoms with E-state index in [2.05, 4.69) is 15.5 Å². The van der Waals surface area contributed by atoms with Gasteiger partial charge < -0.3 is 10.4 Å². The number of nitrogens with one attached hydrogen (secondary N) is 1. The minimum Gasteiger partial charge on any atom is -0.481 e. The van der Waals surface area contributed by atoms with Gasteiger partial charge in [0.15, 0.2) is 5.17 Å². The van der Waals surface area contributed by atoms with E-state index in [4.69, 9.17) is 5.11 Å². The van der Waals surface area contributed by atoms with Gasteiger partial charge in [-0.25, -0.2) is 0 Å². The third-order valence-electron chi connectivity index (χ3n) is 2.62. The molecule has 1 aliphatic heterocycles. The maximum Gasteiger partial charge on any atom is 0.305 e. The molecule has 0 bridgehead atoms. The number of para-hydroxylation sites is 1. The number of amides is 1. The molecule has 1 unspecified atom stereocenters. The van der Waals surface area contributed by atoms with E-state index >= 15 is 0 Å². The number of nitro benzene ring substituents is 1. The summed E-state index contributed by atoms with van der Waals surface area (Å²) in [6.45, 7) is 0. The van der Waals surface area contributed by atoms with E-state index in [1.54, 1.807) is 6.07 Å². The van der Waals surface area contributed by atoms with Gasteiger partial charge in [0.05, 0.1) is 23.1 Å². The Morgan fingerprint density at radius 2 is 2.23 bits per heavy atom. The second kappa shape index (κ2) is 6.80. The molecule has 1 amide bonds. The van der Waals surface area contributed by atoms with Crippen molar-refractivity contribution in [2.45, 2.75) is 11.7 Å². The van der Waals surface area contributed by atoms with Crippen molar-refractivity contribution in [1.29, 1.82) is 0 Å². The molecule has 2 N–H and O–H groups in total. The van der Waals surface area contributed by atoms with Crippen LogP contribution in [0.25, 0.3) is 0 Å². The number of amidine groups is 1. The lowest BCUT2D eigenvalue weighted by Gasteiger charge is -1.97. The van der Waals surface area contributed by atoms with Gasteiger partial charge in [0.25, 0.3) is 5.69 Å². The molecule has 1 atom stereocenters. The Balaban J connectivity index is 2.08. The summed E-state index contributed by atoms with van der Waals surface area (Å²) >= 11 is 0.954. The normalized spacial score (nSPS) is 19.5. The molecule has 114 valence electrons.